The molecule has 1 aromatic heterocycles. The van der Waals surface area contributed by atoms with Gasteiger partial charge in [0.05, 0.1) is 22.3 Å². The molecule has 0 bridgehead atoms. The number of aryl methyl sites for hydroxylation is 1. The van der Waals surface area contributed by atoms with Crippen LogP contribution in [0.1, 0.15) is 18.9 Å². The quantitative estimate of drug-likeness (QED) is 0.735. The first-order chi connectivity index (χ1) is 12.8. The largest absolute Gasteiger partial charge is 0.481 e. The Morgan fingerprint density at radius 3 is 2.85 bits per heavy atom. The third kappa shape index (κ3) is 2.91. The van der Waals surface area contributed by atoms with E-state index >= 15 is 0 Å². The average Bonchev–Trinajstić information content (AvgIpc) is 2.98. The minimum absolute atomic E-state index is 0.340. The van der Waals surface area contributed by atoms with Gasteiger partial charge in [-0.3, -0.25) is 9.59 Å². The number of anilines is 2. The molecule has 4 rings (SSSR count). The lowest BCUT2D eigenvalue weighted by Gasteiger charge is -2.39. The van der Waals surface area contributed by atoms with Crippen molar-refractivity contribution in [1.82, 2.24) is 4.98 Å². The van der Waals surface area contributed by atoms with Crippen molar-refractivity contribution in [2.24, 2.45) is 0 Å². The van der Waals surface area contributed by atoms with Crippen molar-refractivity contribution >= 4 is 44.2 Å². The van der Waals surface area contributed by atoms with Crippen LogP contribution in [0.4, 0.5) is 15.2 Å². The molecule has 2 aromatic carbocycles. The Balaban J connectivity index is 1.91. The van der Waals surface area contributed by atoms with E-state index in [0.717, 1.165) is 16.9 Å². The Hall–Kier alpha value is -3.00. The number of amides is 1. The van der Waals surface area contributed by atoms with Crippen LogP contribution in [0.25, 0.3) is 10.2 Å². The van der Waals surface area contributed by atoms with Gasteiger partial charge in [0.1, 0.15) is 11.6 Å². The summed E-state index contributed by atoms with van der Waals surface area (Å²) in [6.45, 7) is 3.33. The van der Waals surface area contributed by atoms with E-state index in [9.17, 15) is 19.1 Å². The van der Waals surface area contributed by atoms with Crippen molar-refractivity contribution in [2.45, 2.75) is 25.9 Å². The van der Waals surface area contributed by atoms with Gasteiger partial charge in [0.2, 0.25) is 0 Å². The molecule has 1 N–H and O–H groups in total. The number of thiazole rings is 1. The molecular formula is C19H15FN2O4S. The van der Waals surface area contributed by atoms with Crippen molar-refractivity contribution in [2.75, 3.05) is 4.90 Å². The van der Waals surface area contributed by atoms with Crippen molar-refractivity contribution < 1.29 is 23.8 Å². The molecule has 0 saturated carbocycles. The summed E-state index contributed by atoms with van der Waals surface area (Å²) in [6.07, 6.45) is -0.491. The number of ether oxygens (including phenoxy) is 1. The molecule has 1 atom stereocenters. The first-order valence-corrected chi connectivity index (χ1v) is 9.01. The molecular weight excluding hydrogens is 371 g/mol. The molecule has 27 heavy (non-hydrogen) atoms. The minimum Gasteiger partial charge on any atom is -0.481 e. The molecule has 1 aliphatic heterocycles. The van der Waals surface area contributed by atoms with E-state index in [0.29, 0.717) is 26.8 Å². The Kier molecular flexibility index (Phi) is 3.88. The molecule has 0 radical (unpaired) electrons. The molecule has 1 amide bonds. The normalized spacial score (nSPS) is 19.1. The first kappa shape index (κ1) is 17.4. The molecule has 6 nitrogen and oxygen atoms in total. The van der Waals surface area contributed by atoms with Crippen molar-refractivity contribution in [3.05, 3.63) is 47.8 Å². The fourth-order valence-electron chi connectivity index (χ4n) is 3.09. The number of nitrogens with zero attached hydrogens (tertiary/aromatic N) is 2. The second kappa shape index (κ2) is 6.02. The van der Waals surface area contributed by atoms with Gasteiger partial charge in [-0.05, 0) is 49.7 Å². The highest BCUT2D eigenvalue weighted by Gasteiger charge is 2.47. The van der Waals surface area contributed by atoms with Crippen LogP contribution in [0.15, 0.2) is 36.4 Å². The van der Waals surface area contributed by atoms with Crippen LogP contribution in [0.5, 0.6) is 5.75 Å². The van der Waals surface area contributed by atoms with Gasteiger partial charge in [-0.15, -0.1) is 0 Å². The van der Waals surface area contributed by atoms with Crippen LogP contribution >= 0.6 is 11.3 Å². The Morgan fingerprint density at radius 1 is 1.33 bits per heavy atom. The zero-order valence-electron chi connectivity index (χ0n) is 14.5. The van der Waals surface area contributed by atoms with Crippen LogP contribution in [-0.2, 0) is 9.59 Å². The number of halogens is 1. The lowest BCUT2D eigenvalue weighted by molar-refractivity contribution is -0.148. The number of carbonyl (C=O) groups excluding carboxylic acids is 1. The van der Waals surface area contributed by atoms with Gasteiger partial charge < -0.3 is 9.84 Å². The number of carbonyl (C=O) groups is 2. The third-order valence-corrected chi connectivity index (χ3v) is 5.37. The van der Waals surface area contributed by atoms with Crippen LogP contribution in [0.3, 0.4) is 0 Å². The molecule has 138 valence electrons. The molecule has 0 spiro atoms. The Morgan fingerprint density at radius 2 is 2.11 bits per heavy atom. The zero-order valence-corrected chi connectivity index (χ0v) is 15.3. The standard InChI is InChI=1S/C19H15FN2O4S/c1-10-3-6-14-13(7-10)22(17(25)19(2,26-14)9-16(23)24)18-21-12-5-4-11(20)8-15(12)27-18/h3-8H,9H2,1-2H3,(H,23,24). The summed E-state index contributed by atoms with van der Waals surface area (Å²) >= 11 is 1.16. The molecule has 8 heteroatoms. The smallest absolute Gasteiger partial charge is 0.307 e. The van der Waals surface area contributed by atoms with Gasteiger partial charge in [0.25, 0.3) is 5.91 Å². The molecule has 0 fully saturated rings. The van der Waals surface area contributed by atoms with Crippen LogP contribution in [0, 0.1) is 12.7 Å². The van der Waals surface area contributed by atoms with E-state index in [2.05, 4.69) is 4.98 Å². The lowest BCUT2D eigenvalue weighted by Crippen LogP contribution is -2.53. The number of carboxylic acids is 1. The summed E-state index contributed by atoms with van der Waals surface area (Å²) in [5.41, 5.74) is 0.383. The number of benzene rings is 2. The number of carboxylic acid groups (broad SMARTS) is 1. The van der Waals surface area contributed by atoms with Crippen molar-refractivity contribution in [1.29, 1.82) is 0 Å². The molecule has 3 aromatic rings. The molecule has 0 aliphatic carbocycles. The van der Waals surface area contributed by atoms with Gasteiger partial charge in [-0.1, -0.05) is 17.4 Å². The number of rotatable bonds is 3. The molecule has 1 aliphatic rings. The molecule has 2 heterocycles. The fourth-order valence-corrected chi connectivity index (χ4v) is 4.10. The highest BCUT2D eigenvalue weighted by atomic mass is 32.1. The highest BCUT2D eigenvalue weighted by Crippen LogP contribution is 2.45. The predicted molar refractivity (Wildman–Crippen MR) is 99.2 cm³/mol. The third-order valence-electron chi connectivity index (χ3n) is 4.37. The van der Waals surface area contributed by atoms with E-state index < -0.39 is 29.7 Å². The van der Waals surface area contributed by atoms with E-state index in [-0.39, 0.29) is 0 Å². The van der Waals surface area contributed by atoms with Gasteiger partial charge in [-0.2, -0.15) is 0 Å². The van der Waals surface area contributed by atoms with E-state index in [1.54, 1.807) is 18.2 Å². The van der Waals surface area contributed by atoms with Gasteiger partial charge in [-0.25, -0.2) is 14.3 Å². The lowest BCUT2D eigenvalue weighted by atomic mass is 9.97. The number of fused-ring (bicyclic) bond motifs is 2. The second-order valence-corrected chi connectivity index (χ2v) is 7.63. The summed E-state index contributed by atoms with van der Waals surface area (Å²) in [5.74, 6) is -1.66. The summed E-state index contributed by atoms with van der Waals surface area (Å²) in [4.78, 5) is 30.4. The fraction of sp³-hybridized carbons (Fsp3) is 0.211. The van der Waals surface area contributed by atoms with Gasteiger partial charge in [0.15, 0.2) is 10.7 Å². The van der Waals surface area contributed by atoms with Gasteiger partial charge in [0, 0.05) is 0 Å². The Labute approximate surface area is 157 Å². The zero-order chi connectivity index (χ0) is 19.3. The number of hydrogen-bond acceptors (Lipinski definition) is 5. The highest BCUT2D eigenvalue weighted by molar-refractivity contribution is 7.22. The van der Waals surface area contributed by atoms with Crippen LogP contribution < -0.4 is 9.64 Å². The second-order valence-electron chi connectivity index (χ2n) is 6.62. The molecule has 1 unspecified atom stereocenters. The maximum absolute atomic E-state index is 13.5. The average molecular weight is 386 g/mol. The first-order valence-electron chi connectivity index (χ1n) is 8.19. The van der Waals surface area contributed by atoms with Crippen LogP contribution in [-0.4, -0.2) is 27.6 Å². The summed E-state index contributed by atoms with van der Waals surface area (Å²) in [7, 11) is 0. The minimum atomic E-state index is -1.57. The van der Waals surface area contributed by atoms with E-state index in [1.807, 2.05) is 13.0 Å². The number of aliphatic carboxylic acids is 1. The SMILES string of the molecule is Cc1ccc2c(c1)N(c1nc3ccc(F)cc3s1)C(=O)C(C)(CC(=O)O)O2. The summed E-state index contributed by atoms with van der Waals surface area (Å²) < 4.78 is 19.9. The maximum atomic E-state index is 13.5. The van der Waals surface area contributed by atoms with Crippen molar-refractivity contribution in [3.63, 3.8) is 0 Å². The Bertz CT molecular complexity index is 1100. The van der Waals surface area contributed by atoms with E-state index in [4.69, 9.17) is 4.74 Å². The predicted octanol–water partition coefficient (Wildman–Crippen LogP) is 4.03. The van der Waals surface area contributed by atoms with E-state index in [1.165, 1.54) is 24.0 Å². The topological polar surface area (TPSA) is 79.7 Å². The van der Waals surface area contributed by atoms with Gasteiger partial charge >= 0.3 is 5.97 Å². The van der Waals surface area contributed by atoms with Crippen molar-refractivity contribution in [3.8, 4) is 5.75 Å². The summed E-state index contributed by atoms with van der Waals surface area (Å²) in [5, 5.41) is 9.58. The molecule has 0 saturated heterocycles. The maximum Gasteiger partial charge on any atom is 0.307 e. The van der Waals surface area contributed by atoms with Crippen LogP contribution in [0.2, 0.25) is 0 Å². The monoisotopic (exact) mass is 386 g/mol. The number of hydrogen-bond donors (Lipinski definition) is 1. The number of aromatic nitrogens is 1. The summed E-state index contributed by atoms with van der Waals surface area (Å²) in [6, 6.07) is 9.51.